The fourth-order valence-corrected chi connectivity index (χ4v) is 3.29. The first-order valence-corrected chi connectivity index (χ1v) is 8.66. The van der Waals surface area contributed by atoms with Crippen molar-refractivity contribution >= 4 is 11.6 Å². The molecule has 0 aliphatic rings. The molecule has 0 aromatic heterocycles. The number of hydrogen-bond donors (Lipinski definition) is 0. The molecule has 2 aromatic rings. The van der Waals surface area contributed by atoms with Gasteiger partial charge in [0.25, 0.3) is 0 Å². The zero-order valence-electron chi connectivity index (χ0n) is 15.3. The highest BCUT2D eigenvalue weighted by Crippen LogP contribution is 2.60. The summed E-state index contributed by atoms with van der Waals surface area (Å²) in [6, 6.07) is 3.74. The van der Waals surface area contributed by atoms with Gasteiger partial charge in [-0.05, 0) is 42.7 Å². The molecule has 0 saturated heterocycles. The van der Waals surface area contributed by atoms with Gasteiger partial charge < -0.3 is 0 Å². The van der Waals surface area contributed by atoms with Crippen molar-refractivity contribution in [3.05, 3.63) is 57.9 Å². The Bertz CT molecular complexity index is 946. The van der Waals surface area contributed by atoms with Gasteiger partial charge in [-0.15, -0.1) is 0 Å². The number of aryl methyl sites for hydroxylation is 2. The molecule has 0 N–H and O–H groups in total. The van der Waals surface area contributed by atoms with E-state index in [1.54, 1.807) is 0 Å². The first-order valence-electron chi connectivity index (χ1n) is 8.28. The molecule has 166 valence electrons. The normalized spacial score (nSPS) is 15.2. The smallest absolute Gasteiger partial charge is 0.221 e. The van der Waals surface area contributed by atoms with Crippen LogP contribution in [-0.4, -0.2) is 18.3 Å². The minimum absolute atomic E-state index is 0.210. The van der Waals surface area contributed by atoms with Gasteiger partial charge in [0.05, 0.1) is 0 Å². The third-order valence-corrected chi connectivity index (χ3v) is 4.73. The first-order chi connectivity index (χ1) is 13.5. The van der Waals surface area contributed by atoms with E-state index in [0.717, 1.165) is 25.1 Å². The number of halogens is 11. The van der Waals surface area contributed by atoms with Crippen molar-refractivity contribution in [3.63, 3.8) is 0 Å². The van der Waals surface area contributed by atoms with E-state index in [4.69, 9.17) is 11.6 Å². The molecular formula is C19H13ClF10. The van der Waals surface area contributed by atoms with Gasteiger partial charge in [-0.3, -0.25) is 0 Å². The summed E-state index contributed by atoms with van der Waals surface area (Å²) in [5.41, 5.74) is -10.6. The molecule has 0 amide bonds. The highest BCUT2D eigenvalue weighted by Gasteiger charge is 2.82. The molecule has 1 atom stereocenters. The lowest BCUT2D eigenvalue weighted by atomic mass is 9.79. The van der Waals surface area contributed by atoms with Crippen molar-refractivity contribution in [1.29, 1.82) is 0 Å². The van der Waals surface area contributed by atoms with Crippen LogP contribution in [0.5, 0.6) is 0 Å². The van der Waals surface area contributed by atoms with E-state index in [2.05, 4.69) is 0 Å². The summed E-state index contributed by atoms with van der Waals surface area (Å²) in [6.07, 6.45) is -13.8. The summed E-state index contributed by atoms with van der Waals surface area (Å²) >= 11 is 5.70. The molecule has 0 radical (unpaired) electrons. The molecule has 2 rings (SSSR count). The lowest BCUT2D eigenvalue weighted by Crippen LogP contribution is -2.60. The number of hydrogen-bond acceptors (Lipinski definition) is 0. The largest absolute Gasteiger partial charge is 0.457 e. The molecule has 0 nitrogen and oxygen atoms in total. The molecule has 0 fully saturated rings. The van der Waals surface area contributed by atoms with Gasteiger partial charge in [0.15, 0.2) is 0 Å². The number of alkyl halides is 9. The predicted octanol–water partition coefficient (Wildman–Crippen LogP) is 7.94. The van der Waals surface area contributed by atoms with Crippen LogP contribution in [0.15, 0.2) is 30.3 Å². The van der Waals surface area contributed by atoms with Gasteiger partial charge in [0, 0.05) is 16.1 Å². The van der Waals surface area contributed by atoms with Crippen LogP contribution in [0.25, 0.3) is 11.1 Å². The molecular weight excluding hydrogens is 454 g/mol. The van der Waals surface area contributed by atoms with E-state index < -0.39 is 46.5 Å². The van der Waals surface area contributed by atoms with Crippen LogP contribution < -0.4 is 0 Å². The van der Waals surface area contributed by atoms with Crippen molar-refractivity contribution in [3.8, 4) is 11.1 Å². The molecule has 0 aliphatic heterocycles. The van der Waals surface area contributed by atoms with Gasteiger partial charge in [0.2, 0.25) is 0 Å². The van der Waals surface area contributed by atoms with Gasteiger partial charge in [-0.25, -0.2) is 8.78 Å². The Labute approximate surface area is 169 Å². The maximum absolute atomic E-state index is 15.2. The summed E-state index contributed by atoms with van der Waals surface area (Å²) in [4.78, 5) is 0. The van der Waals surface area contributed by atoms with Crippen LogP contribution in [-0.2, 0) is 12.1 Å². The van der Waals surface area contributed by atoms with Crippen molar-refractivity contribution in [2.75, 3.05) is 0 Å². The average Bonchev–Trinajstić information content (AvgIpc) is 2.60. The fourth-order valence-electron chi connectivity index (χ4n) is 3.11. The topological polar surface area (TPSA) is 0 Å². The van der Waals surface area contributed by atoms with Crippen molar-refractivity contribution in [2.24, 2.45) is 0 Å². The SMILES string of the molecule is CCc1cc(C)cc(C(F)(C(F)(F)F)C(F)(F)C(F)(F)F)c1-c1cc(Cl)ccc1F. The van der Waals surface area contributed by atoms with Gasteiger partial charge in [0.1, 0.15) is 5.82 Å². The lowest BCUT2D eigenvalue weighted by molar-refractivity contribution is -0.389. The molecule has 0 saturated carbocycles. The van der Waals surface area contributed by atoms with Gasteiger partial charge in [-0.1, -0.05) is 36.2 Å². The maximum Gasteiger partial charge on any atom is 0.457 e. The maximum atomic E-state index is 15.2. The van der Waals surface area contributed by atoms with E-state index in [1.165, 1.54) is 6.92 Å². The lowest BCUT2D eigenvalue weighted by Gasteiger charge is -2.38. The Morgan fingerprint density at radius 2 is 1.40 bits per heavy atom. The molecule has 0 aliphatic carbocycles. The minimum atomic E-state index is -6.89. The van der Waals surface area contributed by atoms with E-state index in [9.17, 15) is 39.5 Å². The van der Waals surface area contributed by atoms with Crippen molar-refractivity contribution in [1.82, 2.24) is 0 Å². The van der Waals surface area contributed by atoms with Crippen molar-refractivity contribution < 1.29 is 43.9 Å². The molecule has 0 bridgehead atoms. The Morgan fingerprint density at radius 3 is 1.87 bits per heavy atom. The summed E-state index contributed by atoms with van der Waals surface area (Å²) in [7, 11) is 0. The average molecular weight is 467 g/mol. The third kappa shape index (κ3) is 3.74. The zero-order chi connectivity index (χ0) is 23.3. The molecule has 0 spiro atoms. The highest BCUT2D eigenvalue weighted by molar-refractivity contribution is 6.30. The van der Waals surface area contributed by atoms with Gasteiger partial charge in [-0.2, -0.15) is 35.1 Å². The second-order valence-electron chi connectivity index (χ2n) is 6.55. The highest BCUT2D eigenvalue weighted by atomic mass is 35.5. The standard InChI is InChI=1S/C19H13ClF10/c1-3-10-6-9(2)7-13(15(10)12-8-11(20)4-5-14(12)21)16(22,18(25,26)27)17(23,24)19(28,29)30/h4-8H,3H2,1-2H3. The number of benzene rings is 2. The van der Waals surface area contributed by atoms with Crippen LogP contribution in [0.2, 0.25) is 5.02 Å². The molecule has 2 aromatic carbocycles. The summed E-state index contributed by atoms with van der Waals surface area (Å²) < 4.78 is 137. The predicted molar refractivity (Wildman–Crippen MR) is 90.8 cm³/mol. The second kappa shape index (κ2) is 7.62. The fraction of sp³-hybridized carbons (Fsp3) is 0.368. The second-order valence-corrected chi connectivity index (χ2v) is 6.99. The Morgan fingerprint density at radius 1 is 0.833 bits per heavy atom. The van der Waals surface area contributed by atoms with Gasteiger partial charge >= 0.3 is 23.9 Å². The Balaban J connectivity index is 3.11. The van der Waals surface area contributed by atoms with Crippen molar-refractivity contribution in [2.45, 2.75) is 44.2 Å². The Kier molecular flexibility index (Phi) is 6.17. The molecule has 11 heteroatoms. The quantitative estimate of drug-likeness (QED) is 0.401. The minimum Gasteiger partial charge on any atom is -0.221 e. The van der Waals surface area contributed by atoms with Crippen LogP contribution >= 0.6 is 11.6 Å². The Hall–Kier alpha value is -1.97. The monoisotopic (exact) mass is 466 g/mol. The van der Waals surface area contributed by atoms with Crippen LogP contribution in [0.1, 0.15) is 23.6 Å². The summed E-state index contributed by atoms with van der Waals surface area (Å²) in [5.74, 6) is -8.15. The van der Waals surface area contributed by atoms with E-state index in [1.807, 2.05) is 0 Å². The van der Waals surface area contributed by atoms with Crippen LogP contribution in [0.4, 0.5) is 43.9 Å². The van der Waals surface area contributed by atoms with E-state index >= 15 is 4.39 Å². The third-order valence-electron chi connectivity index (χ3n) is 4.49. The number of rotatable bonds is 4. The summed E-state index contributed by atoms with van der Waals surface area (Å²) in [5, 5.41) is -0.251. The first kappa shape index (κ1) is 24.3. The summed E-state index contributed by atoms with van der Waals surface area (Å²) in [6.45, 7) is 2.42. The molecule has 30 heavy (non-hydrogen) atoms. The van der Waals surface area contributed by atoms with Crippen LogP contribution in [0.3, 0.4) is 0 Å². The molecule has 1 unspecified atom stereocenters. The van der Waals surface area contributed by atoms with E-state index in [-0.39, 0.29) is 28.6 Å². The molecule has 0 heterocycles. The van der Waals surface area contributed by atoms with Crippen LogP contribution in [0, 0.1) is 12.7 Å². The zero-order valence-corrected chi connectivity index (χ0v) is 16.0. The van der Waals surface area contributed by atoms with E-state index in [0.29, 0.717) is 6.07 Å².